The molecule has 1 aromatic heterocycles. The standard InChI is InChI=1S/C18H26N6O/c1-22(2)12-13-23(15-6-4-3-5-7-15)18(25)17-14-24(21-20-17)16-8-10-19-11-9-16/h3-7,14,16,19H,8-13H2,1-2H3. The Labute approximate surface area is 148 Å². The van der Waals surface area contributed by atoms with Gasteiger partial charge in [-0.3, -0.25) is 4.79 Å². The topological polar surface area (TPSA) is 66.3 Å². The number of hydrogen-bond acceptors (Lipinski definition) is 5. The van der Waals surface area contributed by atoms with Crippen molar-refractivity contribution in [3.63, 3.8) is 0 Å². The van der Waals surface area contributed by atoms with E-state index in [4.69, 9.17) is 0 Å². The van der Waals surface area contributed by atoms with E-state index in [1.54, 1.807) is 11.1 Å². The molecule has 1 N–H and O–H groups in total. The van der Waals surface area contributed by atoms with Gasteiger partial charge in [-0.25, -0.2) is 4.68 Å². The van der Waals surface area contributed by atoms with Gasteiger partial charge in [0.2, 0.25) is 0 Å². The molecule has 2 heterocycles. The lowest BCUT2D eigenvalue weighted by atomic mass is 10.1. The molecule has 1 aliphatic rings. The number of amides is 1. The third-order valence-electron chi connectivity index (χ3n) is 4.50. The number of para-hydroxylation sites is 1. The van der Waals surface area contributed by atoms with E-state index >= 15 is 0 Å². The van der Waals surface area contributed by atoms with Crippen molar-refractivity contribution < 1.29 is 4.79 Å². The van der Waals surface area contributed by atoms with Crippen LogP contribution in [0, 0.1) is 0 Å². The number of carbonyl (C=O) groups is 1. The van der Waals surface area contributed by atoms with E-state index in [2.05, 4.69) is 20.5 Å². The van der Waals surface area contributed by atoms with Crippen LogP contribution in [-0.2, 0) is 0 Å². The molecular formula is C18H26N6O. The van der Waals surface area contributed by atoms with E-state index in [0.717, 1.165) is 38.2 Å². The van der Waals surface area contributed by atoms with Crippen molar-refractivity contribution in [2.75, 3.05) is 45.2 Å². The van der Waals surface area contributed by atoms with Crippen LogP contribution in [0.5, 0.6) is 0 Å². The zero-order valence-corrected chi connectivity index (χ0v) is 14.9. The summed E-state index contributed by atoms with van der Waals surface area (Å²) in [7, 11) is 4.00. The lowest BCUT2D eigenvalue weighted by molar-refractivity contribution is 0.0980. The van der Waals surface area contributed by atoms with Gasteiger partial charge in [0.25, 0.3) is 5.91 Å². The highest BCUT2D eigenvalue weighted by Gasteiger charge is 2.23. The Bertz CT molecular complexity index is 678. The maximum atomic E-state index is 13.0. The first-order valence-electron chi connectivity index (χ1n) is 8.79. The maximum absolute atomic E-state index is 13.0. The van der Waals surface area contributed by atoms with Crippen molar-refractivity contribution in [2.24, 2.45) is 0 Å². The van der Waals surface area contributed by atoms with Crippen molar-refractivity contribution in [3.05, 3.63) is 42.2 Å². The number of nitrogens with zero attached hydrogens (tertiary/aromatic N) is 5. The van der Waals surface area contributed by atoms with E-state index in [0.29, 0.717) is 18.3 Å². The van der Waals surface area contributed by atoms with Crippen LogP contribution in [0.2, 0.25) is 0 Å². The first-order chi connectivity index (χ1) is 12.1. The first kappa shape index (κ1) is 17.6. The fourth-order valence-corrected chi connectivity index (χ4v) is 3.02. The second kappa shape index (κ2) is 8.22. The van der Waals surface area contributed by atoms with Gasteiger partial charge in [0.1, 0.15) is 0 Å². The summed E-state index contributed by atoms with van der Waals surface area (Å²) in [6, 6.07) is 10.1. The Hall–Kier alpha value is -2.25. The van der Waals surface area contributed by atoms with Crippen LogP contribution in [-0.4, -0.2) is 66.1 Å². The lowest BCUT2D eigenvalue weighted by Crippen LogP contribution is -2.37. The molecule has 1 amide bonds. The summed E-state index contributed by atoms with van der Waals surface area (Å²) in [5, 5.41) is 11.7. The molecule has 1 aliphatic heterocycles. The molecule has 1 aromatic carbocycles. The van der Waals surface area contributed by atoms with Crippen LogP contribution in [0.15, 0.2) is 36.5 Å². The molecule has 25 heavy (non-hydrogen) atoms. The van der Waals surface area contributed by atoms with Crippen LogP contribution >= 0.6 is 0 Å². The van der Waals surface area contributed by atoms with Gasteiger partial charge in [-0.1, -0.05) is 23.4 Å². The minimum absolute atomic E-state index is 0.103. The van der Waals surface area contributed by atoms with E-state index < -0.39 is 0 Å². The summed E-state index contributed by atoms with van der Waals surface area (Å²) in [6.45, 7) is 3.35. The Morgan fingerprint density at radius 1 is 1.20 bits per heavy atom. The van der Waals surface area contributed by atoms with Crippen molar-refractivity contribution >= 4 is 11.6 Å². The molecular weight excluding hydrogens is 316 g/mol. The SMILES string of the molecule is CN(C)CCN(C(=O)c1cn(C2CCNCC2)nn1)c1ccccc1. The number of piperidine rings is 1. The molecule has 7 heteroatoms. The summed E-state index contributed by atoms with van der Waals surface area (Å²) >= 11 is 0. The third-order valence-corrected chi connectivity index (χ3v) is 4.50. The lowest BCUT2D eigenvalue weighted by Gasteiger charge is -2.24. The normalized spacial score (nSPS) is 15.5. The van der Waals surface area contributed by atoms with Crippen molar-refractivity contribution in [2.45, 2.75) is 18.9 Å². The van der Waals surface area contributed by atoms with Crippen LogP contribution in [0.4, 0.5) is 5.69 Å². The minimum atomic E-state index is -0.103. The molecule has 134 valence electrons. The number of rotatable bonds is 6. The van der Waals surface area contributed by atoms with Crippen LogP contribution in [0.25, 0.3) is 0 Å². The summed E-state index contributed by atoms with van der Waals surface area (Å²) in [5.41, 5.74) is 1.28. The zero-order chi connectivity index (χ0) is 17.6. The molecule has 0 bridgehead atoms. The van der Waals surface area contributed by atoms with Crippen molar-refractivity contribution in [3.8, 4) is 0 Å². The van der Waals surface area contributed by atoms with E-state index in [1.165, 1.54) is 0 Å². The Morgan fingerprint density at radius 2 is 1.92 bits per heavy atom. The molecule has 2 aromatic rings. The van der Waals surface area contributed by atoms with Crippen LogP contribution < -0.4 is 10.2 Å². The quantitative estimate of drug-likeness (QED) is 0.860. The number of anilines is 1. The highest BCUT2D eigenvalue weighted by atomic mass is 16.2. The monoisotopic (exact) mass is 342 g/mol. The number of hydrogen-bond donors (Lipinski definition) is 1. The second-order valence-corrected chi connectivity index (χ2v) is 6.66. The summed E-state index contributed by atoms with van der Waals surface area (Å²) in [4.78, 5) is 16.9. The number of nitrogens with one attached hydrogen (secondary N) is 1. The molecule has 0 spiro atoms. The molecule has 0 radical (unpaired) electrons. The summed E-state index contributed by atoms with van der Waals surface area (Å²) in [5.74, 6) is -0.103. The van der Waals surface area contributed by atoms with Gasteiger partial charge in [-0.2, -0.15) is 0 Å². The number of likely N-dealkylation sites (N-methyl/N-ethyl adjacent to an activating group) is 1. The van der Waals surface area contributed by atoms with Gasteiger partial charge in [-0.15, -0.1) is 5.10 Å². The van der Waals surface area contributed by atoms with Gasteiger partial charge in [0, 0.05) is 18.8 Å². The predicted molar refractivity (Wildman–Crippen MR) is 97.8 cm³/mol. The van der Waals surface area contributed by atoms with E-state index in [-0.39, 0.29) is 5.91 Å². The molecule has 3 rings (SSSR count). The molecule has 0 aliphatic carbocycles. The Kier molecular flexibility index (Phi) is 5.78. The highest BCUT2D eigenvalue weighted by molar-refractivity contribution is 6.04. The second-order valence-electron chi connectivity index (χ2n) is 6.66. The zero-order valence-electron chi connectivity index (χ0n) is 14.9. The maximum Gasteiger partial charge on any atom is 0.280 e. The molecule has 0 atom stereocenters. The van der Waals surface area contributed by atoms with Crippen molar-refractivity contribution in [1.29, 1.82) is 0 Å². The van der Waals surface area contributed by atoms with Gasteiger partial charge >= 0.3 is 0 Å². The fraction of sp³-hybridized carbons (Fsp3) is 0.500. The summed E-state index contributed by atoms with van der Waals surface area (Å²) in [6.07, 6.45) is 3.82. The van der Waals surface area contributed by atoms with Crippen molar-refractivity contribution in [1.82, 2.24) is 25.2 Å². The third kappa shape index (κ3) is 4.43. The van der Waals surface area contributed by atoms with Crippen LogP contribution in [0.1, 0.15) is 29.4 Å². The number of carbonyl (C=O) groups excluding carboxylic acids is 1. The largest absolute Gasteiger partial charge is 0.317 e. The van der Waals surface area contributed by atoms with Gasteiger partial charge in [0.15, 0.2) is 5.69 Å². The van der Waals surface area contributed by atoms with Crippen LogP contribution in [0.3, 0.4) is 0 Å². The highest BCUT2D eigenvalue weighted by Crippen LogP contribution is 2.19. The molecule has 0 unspecified atom stereocenters. The van der Waals surface area contributed by atoms with E-state index in [9.17, 15) is 4.79 Å². The predicted octanol–water partition coefficient (Wildman–Crippen LogP) is 1.41. The Balaban J connectivity index is 1.78. The average molecular weight is 342 g/mol. The first-order valence-corrected chi connectivity index (χ1v) is 8.79. The number of aromatic nitrogens is 3. The van der Waals surface area contributed by atoms with Gasteiger partial charge in [-0.05, 0) is 52.2 Å². The minimum Gasteiger partial charge on any atom is -0.317 e. The average Bonchev–Trinajstić information content (AvgIpc) is 3.13. The molecule has 0 saturated carbocycles. The number of benzene rings is 1. The fourth-order valence-electron chi connectivity index (χ4n) is 3.02. The summed E-state index contributed by atoms with van der Waals surface area (Å²) < 4.78 is 1.85. The van der Waals surface area contributed by atoms with Gasteiger partial charge in [0.05, 0.1) is 12.2 Å². The van der Waals surface area contributed by atoms with E-state index in [1.807, 2.05) is 49.1 Å². The molecule has 7 nitrogen and oxygen atoms in total. The smallest absolute Gasteiger partial charge is 0.280 e. The Morgan fingerprint density at radius 3 is 2.60 bits per heavy atom. The van der Waals surface area contributed by atoms with Gasteiger partial charge < -0.3 is 15.1 Å². The molecule has 1 saturated heterocycles. The molecule has 1 fully saturated rings.